The maximum Gasteiger partial charge on any atom is 0.205 e. The van der Waals surface area contributed by atoms with Crippen LogP contribution in [0.1, 0.15) is 20.8 Å². The highest BCUT2D eigenvalue weighted by Gasteiger charge is 2.59. The summed E-state index contributed by atoms with van der Waals surface area (Å²) in [6, 6.07) is 0. The Morgan fingerprint density at radius 1 is 1.47 bits per heavy atom. The summed E-state index contributed by atoms with van der Waals surface area (Å²) in [7, 11) is 0. The van der Waals surface area contributed by atoms with Crippen molar-refractivity contribution in [1.82, 2.24) is 10.2 Å². The number of piperidine rings is 1. The van der Waals surface area contributed by atoms with Gasteiger partial charge in [-0.05, 0) is 45.7 Å². The highest BCUT2D eigenvalue weighted by atomic mass is 16.7. The lowest BCUT2D eigenvalue weighted by atomic mass is 10.2. The van der Waals surface area contributed by atoms with E-state index in [0.717, 1.165) is 31.5 Å². The van der Waals surface area contributed by atoms with Crippen LogP contribution in [0.3, 0.4) is 0 Å². The smallest absolute Gasteiger partial charge is 0.205 e. The minimum Gasteiger partial charge on any atom is -0.366 e. The lowest BCUT2D eigenvalue weighted by molar-refractivity contribution is -0.0669. The number of hydrogen-bond donors (Lipinski definition) is 1. The van der Waals surface area contributed by atoms with E-state index in [1.807, 2.05) is 0 Å². The van der Waals surface area contributed by atoms with Gasteiger partial charge in [0.15, 0.2) is 5.84 Å². The molecule has 2 atom stereocenters. The average Bonchev–Trinajstić information content (AvgIpc) is 2.60. The van der Waals surface area contributed by atoms with Crippen molar-refractivity contribution in [2.45, 2.75) is 26.5 Å². The molecule has 2 aliphatic heterocycles. The standard InChI is InChI=1S/C11H19N3O/c1-4-14-10(13-15-11(14,2)3)9-7-5-12-6-8(7)9/h7-9,12H,4-6H2,1-3H3. The molecule has 0 spiro atoms. The van der Waals surface area contributed by atoms with Gasteiger partial charge in [-0.3, -0.25) is 0 Å². The van der Waals surface area contributed by atoms with Crippen LogP contribution in [0.5, 0.6) is 0 Å². The SMILES string of the molecule is CCN1C(C2C3CNCC32)=NOC1(C)C. The van der Waals surface area contributed by atoms with E-state index in [4.69, 9.17) is 4.84 Å². The zero-order chi connectivity index (χ0) is 10.6. The van der Waals surface area contributed by atoms with E-state index < -0.39 is 0 Å². The third-order valence-electron chi connectivity index (χ3n) is 4.00. The number of nitrogens with one attached hydrogen (secondary N) is 1. The van der Waals surface area contributed by atoms with Gasteiger partial charge in [-0.15, -0.1) is 0 Å². The Morgan fingerprint density at radius 3 is 2.73 bits per heavy atom. The van der Waals surface area contributed by atoms with Crippen LogP contribution in [0.15, 0.2) is 5.16 Å². The lowest BCUT2D eigenvalue weighted by Crippen LogP contribution is -2.45. The molecule has 1 saturated heterocycles. The highest BCUT2D eigenvalue weighted by molar-refractivity contribution is 5.89. The molecule has 3 aliphatic rings. The second kappa shape index (κ2) is 2.88. The minimum atomic E-state index is -0.242. The fourth-order valence-electron chi connectivity index (χ4n) is 3.12. The van der Waals surface area contributed by atoms with Gasteiger partial charge in [0, 0.05) is 12.5 Å². The summed E-state index contributed by atoms with van der Waals surface area (Å²) in [5.74, 6) is 3.48. The van der Waals surface area contributed by atoms with Gasteiger partial charge in [-0.2, -0.15) is 0 Å². The number of hydrogen-bond acceptors (Lipinski definition) is 4. The third-order valence-corrected chi connectivity index (χ3v) is 4.00. The molecule has 2 unspecified atom stereocenters. The zero-order valence-corrected chi connectivity index (χ0v) is 9.66. The Bertz CT molecular complexity index is 303. The molecule has 4 heteroatoms. The van der Waals surface area contributed by atoms with Gasteiger partial charge in [0.2, 0.25) is 5.72 Å². The second-order valence-electron chi connectivity index (χ2n) is 5.24. The Balaban J connectivity index is 1.77. The van der Waals surface area contributed by atoms with E-state index in [-0.39, 0.29) is 5.72 Å². The molecule has 0 aromatic rings. The summed E-state index contributed by atoms with van der Waals surface area (Å²) < 4.78 is 0. The monoisotopic (exact) mass is 209 g/mol. The molecular formula is C11H19N3O. The fourth-order valence-corrected chi connectivity index (χ4v) is 3.12. The van der Waals surface area contributed by atoms with Gasteiger partial charge in [0.05, 0.1) is 0 Å². The van der Waals surface area contributed by atoms with Crippen LogP contribution in [0.2, 0.25) is 0 Å². The average molecular weight is 209 g/mol. The van der Waals surface area contributed by atoms with Crippen molar-refractivity contribution in [2.24, 2.45) is 22.9 Å². The molecule has 15 heavy (non-hydrogen) atoms. The molecular weight excluding hydrogens is 190 g/mol. The predicted molar refractivity (Wildman–Crippen MR) is 58.3 cm³/mol. The molecule has 2 heterocycles. The van der Waals surface area contributed by atoms with E-state index >= 15 is 0 Å². The lowest BCUT2D eigenvalue weighted by Gasteiger charge is -2.30. The van der Waals surface area contributed by atoms with Gasteiger partial charge in [-0.1, -0.05) is 5.16 Å². The number of fused-ring (bicyclic) bond motifs is 1. The first-order chi connectivity index (χ1) is 7.15. The quantitative estimate of drug-likeness (QED) is 0.732. The van der Waals surface area contributed by atoms with E-state index in [0.29, 0.717) is 5.92 Å². The van der Waals surface area contributed by atoms with Gasteiger partial charge < -0.3 is 15.1 Å². The van der Waals surface area contributed by atoms with Crippen molar-refractivity contribution >= 4 is 5.84 Å². The van der Waals surface area contributed by atoms with Crippen LogP contribution in [0.25, 0.3) is 0 Å². The summed E-state index contributed by atoms with van der Waals surface area (Å²) in [5, 5.41) is 7.71. The van der Waals surface area contributed by atoms with Crippen molar-refractivity contribution < 1.29 is 4.84 Å². The molecule has 0 bridgehead atoms. The second-order valence-corrected chi connectivity index (χ2v) is 5.24. The Morgan fingerprint density at radius 2 is 2.13 bits per heavy atom. The van der Waals surface area contributed by atoms with Crippen LogP contribution in [0, 0.1) is 17.8 Å². The van der Waals surface area contributed by atoms with Crippen molar-refractivity contribution in [2.75, 3.05) is 19.6 Å². The van der Waals surface area contributed by atoms with Crippen LogP contribution >= 0.6 is 0 Å². The van der Waals surface area contributed by atoms with Crippen LogP contribution < -0.4 is 5.32 Å². The third kappa shape index (κ3) is 1.20. The molecule has 3 rings (SSSR count). The molecule has 0 amide bonds. The van der Waals surface area contributed by atoms with Crippen LogP contribution in [-0.2, 0) is 4.84 Å². The maximum atomic E-state index is 5.52. The number of rotatable bonds is 2. The largest absolute Gasteiger partial charge is 0.366 e. The zero-order valence-electron chi connectivity index (χ0n) is 9.66. The normalized spacial score (nSPS) is 41.1. The molecule has 4 nitrogen and oxygen atoms in total. The number of amidine groups is 1. The Hall–Kier alpha value is -0.770. The van der Waals surface area contributed by atoms with E-state index in [9.17, 15) is 0 Å². The van der Waals surface area contributed by atoms with Crippen molar-refractivity contribution in [1.29, 1.82) is 0 Å². The molecule has 84 valence electrons. The molecule has 1 saturated carbocycles. The molecule has 0 aromatic heterocycles. The van der Waals surface area contributed by atoms with Gasteiger partial charge >= 0.3 is 0 Å². The summed E-state index contributed by atoms with van der Waals surface area (Å²) in [6.07, 6.45) is 0. The molecule has 0 aromatic carbocycles. The first kappa shape index (κ1) is 9.46. The predicted octanol–water partition coefficient (Wildman–Crippen LogP) is 0.853. The topological polar surface area (TPSA) is 36.9 Å². The van der Waals surface area contributed by atoms with E-state index in [1.54, 1.807) is 0 Å². The Labute approximate surface area is 90.6 Å². The van der Waals surface area contributed by atoms with Crippen LogP contribution in [0.4, 0.5) is 0 Å². The molecule has 1 aliphatic carbocycles. The van der Waals surface area contributed by atoms with Crippen molar-refractivity contribution in [3.63, 3.8) is 0 Å². The summed E-state index contributed by atoms with van der Waals surface area (Å²) in [4.78, 5) is 7.82. The fraction of sp³-hybridized carbons (Fsp3) is 0.909. The van der Waals surface area contributed by atoms with E-state index in [1.165, 1.54) is 5.84 Å². The number of oxime groups is 1. The van der Waals surface area contributed by atoms with Crippen LogP contribution in [-0.4, -0.2) is 36.1 Å². The molecule has 2 fully saturated rings. The molecule has 0 radical (unpaired) electrons. The first-order valence-corrected chi connectivity index (χ1v) is 5.89. The Kier molecular flexibility index (Phi) is 1.81. The van der Waals surface area contributed by atoms with Crippen molar-refractivity contribution in [3.05, 3.63) is 0 Å². The summed E-state index contributed by atoms with van der Waals surface area (Å²) >= 11 is 0. The van der Waals surface area contributed by atoms with Crippen molar-refractivity contribution in [3.8, 4) is 0 Å². The number of nitrogens with zero attached hydrogens (tertiary/aromatic N) is 2. The summed E-state index contributed by atoms with van der Waals surface area (Å²) in [6.45, 7) is 9.64. The van der Waals surface area contributed by atoms with E-state index in [2.05, 4.69) is 36.1 Å². The summed E-state index contributed by atoms with van der Waals surface area (Å²) in [5.41, 5.74) is -0.242. The first-order valence-electron chi connectivity index (χ1n) is 5.89. The highest BCUT2D eigenvalue weighted by Crippen LogP contribution is 2.51. The minimum absolute atomic E-state index is 0.242. The van der Waals surface area contributed by atoms with Gasteiger partial charge in [-0.25, -0.2) is 0 Å². The maximum absolute atomic E-state index is 5.52. The van der Waals surface area contributed by atoms with Gasteiger partial charge in [0.1, 0.15) is 0 Å². The molecule has 1 N–H and O–H groups in total. The van der Waals surface area contributed by atoms with Gasteiger partial charge in [0.25, 0.3) is 0 Å².